The van der Waals surface area contributed by atoms with Crippen LogP contribution in [0.5, 0.6) is 0 Å². The van der Waals surface area contributed by atoms with Gasteiger partial charge in [-0.15, -0.1) is 0 Å². The Hall–Kier alpha value is -1.05. The summed E-state index contributed by atoms with van der Waals surface area (Å²) in [4.78, 5) is 6.00. The molecule has 0 aromatic rings. The van der Waals surface area contributed by atoms with Gasteiger partial charge in [0, 0.05) is 31.4 Å². The highest BCUT2D eigenvalue weighted by Gasteiger charge is 1.87. The van der Waals surface area contributed by atoms with Crippen LogP contribution in [0.1, 0.15) is 6.92 Å². The maximum absolute atomic E-state index is 3.94. The van der Waals surface area contributed by atoms with E-state index in [1.807, 2.05) is 18.5 Å². The van der Waals surface area contributed by atoms with Crippen LogP contribution in [-0.4, -0.2) is 17.7 Å². The molecule has 1 heterocycles. The van der Waals surface area contributed by atoms with E-state index in [2.05, 4.69) is 16.8 Å². The van der Waals surface area contributed by atoms with E-state index in [1.165, 1.54) is 0 Å². The van der Waals surface area contributed by atoms with Crippen molar-refractivity contribution in [3.63, 3.8) is 0 Å². The van der Waals surface area contributed by atoms with E-state index >= 15 is 0 Å². The molecule has 2 heteroatoms. The van der Waals surface area contributed by atoms with Crippen LogP contribution in [0.3, 0.4) is 0 Å². The fraction of sp³-hybridized carbons (Fsp3) is 0.286. The van der Waals surface area contributed by atoms with Crippen LogP contribution in [0.25, 0.3) is 0 Å². The van der Waals surface area contributed by atoms with Crippen molar-refractivity contribution in [3.05, 3.63) is 24.7 Å². The molecule has 48 valence electrons. The topological polar surface area (TPSA) is 15.6 Å². The zero-order valence-corrected chi connectivity index (χ0v) is 5.49. The minimum Gasteiger partial charge on any atom is -0.353 e. The van der Waals surface area contributed by atoms with E-state index in [0.29, 0.717) is 0 Å². The Kier molecular flexibility index (Phi) is 2.07. The van der Waals surface area contributed by atoms with Crippen LogP contribution in [0, 0.1) is 0 Å². The van der Waals surface area contributed by atoms with Gasteiger partial charge >= 0.3 is 0 Å². The summed E-state index contributed by atoms with van der Waals surface area (Å²) in [7, 11) is 0. The Morgan fingerprint density at radius 1 is 1.44 bits per heavy atom. The van der Waals surface area contributed by atoms with E-state index in [1.54, 1.807) is 12.4 Å². The molecule has 0 N–H and O–H groups in total. The summed E-state index contributed by atoms with van der Waals surface area (Å²) in [5, 5.41) is 0. The third kappa shape index (κ3) is 1.72. The molecule has 1 rings (SSSR count). The molecule has 0 amide bonds. The zero-order chi connectivity index (χ0) is 6.53. The van der Waals surface area contributed by atoms with Crippen LogP contribution < -0.4 is 0 Å². The monoisotopic (exact) mass is 122 g/mol. The van der Waals surface area contributed by atoms with E-state index in [-0.39, 0.29) is 0 Å². The van der Waals surface area contributed by atoms with Gasteiger partial charge in [-0.3, -0.25) is 4.99 Å². The number of hydrogen-bond donors (Lipinski definition) is 0. The third-order valence-electron chi connectivity index (χ3n) is 1.16. The van der Waals surface area contributed by atoms with Gasteiger partial charge in [0.25, 0.3) is 0 Å². The predicted molar refractivity (Wildman–Crippen MR) is 39.2 cm³/mol. The zero-order valence-electron chi connectivity index (χ0n) is 5.49. The lowest BCUT2D eigenvalue weighted by Gasteiger charge is -2.08. The van der Waals surface area contributed by atoms with Crippen LogP contribution in [-0.2, 0) is 0 Å². The molecule has 1 aliphatic rings. The maximum Gasteiger partial charge on any atom is 0.0430 e. The van der Waals surface area contributed by atoms with Crippen LogP contribution in [0.15, 0.2) is 29.7 Å². The molecule has 0 saturated heterocycles. The lowest BCUT2D eigenvalue weighted by Crippen LogP contribution is -2.06. The Bertz CT molecular complexity index is 140. The van der Waals surface area contributed by atoms with E-state index in [9.17, 15) is 0 Å². The lowest BCUT2D eigenvalue weighted by molar-refractivity contribution is 0.537. The fourth-order valence-corrected chi connectivity index (χ4v) is 0.633. The van der Waals surface area contributed by atoms with Gasteiger partial charge in [0.2, 0.25) is 0 Å². The van der Waals surface area contributed by atoms with Crippen molar-refractivity contribution in [2.45, 2.75) is 6.92 Å². The molecular formula is C7H10N2. The second-order valence-corrected chi connectivity index (χ2v) is 1.77. The van der Waals surface area contributed by atoms with E-state index < -0.39 is 0 Å². The SMILES string of the molecule is CCN1C=CC=NC=C1. The minimum absolute atomic E-state index is 0.996. The maximum atomic E-state index is 3.94. The van der Waals surface area contributed by atoms with Crippen molar-refractivity contribution in [1.29, 1.82) is 0 Å². The first-order valence-electron chi connectivity index (χ1n) is 3.06. The first-order valence-corrected chi connectivity index (χ1v) is 3.06. The molecule has 0 fully saturated rings. The molecule has 0 atom stereocenters. The average Bonchev–Trinajstić information content (AvgIpc) is 2.13. The third-order valence-corrected chi connectivity index (χ3v) is 1.16. The lowest BCUT2D eigenvalue weighted by atomic mass is 10.6. The van der Waals surface area contributed by atoms with Crippen LogP contribution in [0.4, 0.5) is 0 Å². The van der Waals surface area contributed by atoms with Crippen molar-refractivity contribution in [1.82, 2.24) is 4.90 Å². The molecular weight excluding hydrogens is 112 g/mol. The molecule has 0 aromatic heterocycles. The number of allylic oxidation sites excluding steroid dienone is 1. The number of aliphatic imine (C=N–C) groups is 1. The summed E-state index contributed by atoms with van der Waals surface area (Å²) >= 11 is 0. The molecule has 0 aromatic carbocycles. The van der Waals surface area contributed by atoms with Gasteiger partial charge < -0.3 is 4.90 Å². The van der Waals surface area contributed by atoms with Crippen LogP contribution >= 0.6 is 0 Å². The summed E-state index contributed by atoms with van der Waals surface area (Å²) in [6.45, 7) is 3.09. The summed E-state index contributed by atoms with van der Waals surface area (Å²) in [6, 6.07) is 0. The highest BCUT2D eigenvalue weighted by molar-refractivity contribution is 5.71. The molecule has 0 spiro atoms. The molecule has 0 saturated carbocycles. The van der Waals surface area contributed by atoms with Gasteiger partial charge in [0.15, 0.2) is 0 Å². The first kappa shape index (κ1) is 6.08. The van der Waals surface area contributed by atoms with E-state index in [4.69, 9.17) is 0 Å². The van der Waals surface area contributed by atoms with E-state index in [0.717, 1.165) is 6.54 Å². The number of hydrogen-bond acceptors (Lipinski definition) is 2. The summed E-state index contributed by atoms with van der Waals surface area (Å²) in [5.41, 5.74) is 0. The van der Waals surface area contributed by atoms with Crippen molar-refractivity contribution in [2.24, 2.45) is 4.99 Å². The van der Waals surface area contributed by atoms with Gasteiger partial charge in [-0.2, -0.15) is 0 Å². The Labute approximate surface area is 55.2 Å². The Morgan fingerprint density at radius 3 is 3.11 bits per heavy atom. The van der Waals surface area contributed by atoms with Crippen molar-refractivity contribution in [2.75, 3.05) is 6.54 Å². The Morgan fingerprint density at radius 2 is 2.33 bits per heavy atom. The van der Waals surface area contributed by atoms with Gasteiger partial charge in [0.05, 0.1) is 0 Å². The van der Waals surface area contributed by atoms with Crippen molar-refractivity contribution < 1.29 is 0 Å². The van der Waals surface area contributed by atoms with Gasteiger partial charge in [0.1, 0.15) is 0 Å². The highest BCUT2D eigenvalue weighted by atomic mass is 15.1. The highest BCUT2D eigenvalue weighted by Crippen LogP contribution is 1.93. The molecule has 2 nitrogen and oxygen atoms in total. The second kappa shape index (κ2) is 3.07. The average molecular weight is 122 g/mol. The largest absolute Gasteiger partial charge is 0.353 e. The number of nitrogens with zero attached hydrogens (tertiary/aromatic N) is 2. The van der Waals surface area contributed by atoms with Gasteiger partial charge in [-0.1, -0.05) is 0 Å². The molecule has 0 radical (unpaired) electrons. The first-order chi connectivity index (χ1) is 4.43. The van der Waals surface area contributed by atoms with Gasteiger partial charge in [-0.25, -0.2) is 0 Å². The Balaban J connectivity index is 2.58. The normalized spacial score (nSPS) is 16.3. The molecule has 9 heavy (non-hydrogen) atoms. The smallest absolute Gasteiger partial charge is 0.0430 e. The molecule has 0 aliphatic carbocycles. The summed E-state index contributed by atoms with van der Waals surface area (Å²) in [5.74, 6) is 0. The number of rotatable bonds is 1. The second-order valence-electron chi connectivity index (χ2n) is 1.77. The summed E-state index contributed by atoms with van der Waals surface area (Å²) < 4.78 is 0. The van der Waals surface area contributed by atoms with Crippen molar-refractivity contribution in [3.8, 4) is 0 Å². The van der Waals surface area contributed by atoms with Crippen molar-refractivity contribution >= 4 is 6.21 Å². The molecule has 1 aliphatic heterocycles. The molecule has 0 unspecified atom stereocenters. The summed E-state index contributed by atoms with van der Waals surface area (Å²) in [6.07, 6.45) is 9.41. The minimum atomic E-state index is 0.996. The fourth-order valence-electron chi connectivity index (χ4n) is 0.633. The van der Waals surface area contributed by atoms with Gasteiger partial charge in [-0.05, 0) is 13.0 Å². The predicted octanol–water partition coefficient (Wildman–Crippen LogP) is 1.38. The standard InChI is InChI=1S/C7H10N2/c1-2-9-6-3-4-8-5-7-9/h3-7H,2H2,1H3. The quantitative estimate of drug-likeness (QED) is 0.513. The molecule has 0 bridgehead atoms. The van der Waals surface area contributed by atoms with Crippen LogP contribution in [0.2, 0.25) is 0 Å².